The summed E-state index contributed by atoms with van der Waals surface area (Å²) in [7, 11) is -3.26. The summed E-state index contributed by atoms with van der Waals surface area (Å²) in [6, 6.07) is 8.30. The summed E-state index contributed by atoms with van der Waals surface area (Å²) in [6.45, 7) is 7.69. The Morgan fingerprint density at radius 2 is 2.00 bits per heavy atom. The number of para-hydroxylation sites is 1. The van der Waals surface area contributed by atoms with E-state index >= 15 is 0 Å². The maximum absolute atomic E-state index is 11.5. The molecule has 8 heteroatoms. The van der Waals surface area contributed by atoms with Crippen LogP contribution in [-0.2, 0) is 16.4 Å². The van der Waals surface area contributed by atoms with E-state index < -0.39 is 15.6 Å². The van der Waals surface area contributed by atoms with Gasteiger partial charge in [0.2, 0.25) is 10.0 Å². The quantitative estimate of drug-likeness (QED) is 0.396. The third kappa shape index (κ3) is 5.89. The number of benzene rings is 1. The van der Waals surface area contributed by atoms with Gasteiger partial charge in [-0.15, -0.1) is 24.0 Å². The van der Waals surface area contributed by atoms with E-state index in [2.05, 4.69) is 32.1 Å². The first kappa shape index (κ1) is 21.2. The molecule has 1 aliphatic heterocycles. The Bertz CT molecular complexity index is 689. The Kier molecular flexibility index (Phi) is 7.48. The van der Waals surface area contributed by atoms with E-state index in [-0.39, 0.29) is 24.0 Å². The molecule has 0 atom stereocenters. The van der Waals surface area contributed by atoms with Gasteiger partial charge in [0.15, 0.2) is 5.96 Å². The average molecular weight is 466 g/mol. The van der Waals surface area contributed by atoms with Crippen molar-refractivity contribution in [2.45, 2.75) is 32.7 Å². The predicted molar refractivity (Wildman–Crippen MR) is 111 cm³/mol. The zero-order valence-corrected chi connectivity index (χ0v) is 17.8. The molecule has 0 fully saturated rings. The number of nitrogens with one attached hydrogen (secondary N) is 2. The second-order valence-electron chi connectivity index (χ2n) is 6.46. The van der Waals surface area contributed by atoms with Crippen LogP contribution in [0.4, 0.5) is 5.69 Å². The number of hydrogen-bond donors (Lipinski definition) is 2. The van der Waals surface area contributed by atoms with Crippen LogP contribution in [0.25, 0.3) is 0 Å². The highest BCUT2D eigenvalue weighted by Crippen LogP contribution is 2.27. The molecule has 24 heavy (non-hydrogen) atoms. The molecule has 0 unspecified atom stereocenters. The molecule has 0 amide bonds. The van der Waals surface area contributed by atoms with Gasteiger partial charge in [-0.05, 0) is 38.8 Å². The predicted octanol–water partition coefficient (Wildman–Crippen LogP) is 1.96. The maximum Gasteiger partial charge on any atom is 0.209 e. The van der Waals surface area contributed by atoms with Crippen LogP contribution >= 0.6 is 24.0 Å². The fourth-order valence-electron chi connectivity index (χ4n) is 2.76. The van der Waals surface area contributed by atoms with E-state index in [0.29, 0.717) is 6.54 Å². The van der Waals surface area contributed by atoms with Crippen molar-refractivity contribution in [3.8, 4) is 0 Å². The van der Waals surface area contributed by atoms with Crippen molar-refractivity contribution in [1.82, 2.24) is 10.0 Å². The van der Waals surface area contributed by atoms with Crippen molar-refractivity contribution in [2.75, 3.05) is 30.8 Å². The van der Waals surface area contributed by atoms with Crippen LogP contribution in [0.2, 0.25) is 0 Å². The summed E-state index contributed by atoms with van der Waals surface area (Å²) in [6.07, 6.45) is 2.16. The number of hydrogen-bond acceptors (Lipinski definition) is 3. The van der Waals surface area contributed by atoms with Gasteiger partial charge in [-0.3, -0.25) is 4.99 Å². The molecule has 136 valence electrons. The SMILES string of the molecule is CCNC(=NCC(C)(C)NS(C)(=O)=O)N1CCc2ccccc21.I. The number of sulfonamides is 1. The van der Waals surface area contributed by atoms with Crippen LogP contribution in [0, 0.1) is 0 Å². The Balaban J connectivity index is 0.00000288. The minimum Gasteiger partial charge on any atom is -0.356 e. The van der Waals surface area contributed by atoms with Crippen LogP contribution in [0.15, 0.2) is 29.3 Å². The Morgan fingerprint density at radius 1 is 1.33 bits per heavy atom. The number of guanidine groups is 1. The van der Waals surface area contributed by atoms with Gasteiger partial charge in [0, 0.05) is 24.3 Å². The molecule has 2 N–H and O–H groups in total. The first-order valence-electron chi connectivity index (χ1n) is 7.84. The molecule has 0 saturated heterocycles. The van der Waals surface area contributed by atoms with Crippen molar-refractivity contribution < 1.29 is 8.42 Å². The number of rotatable bonds is 5. The third-order valence-electron chi connectivity index (χ3n) is 3.56. The minimum atomic E-state index is -3.26. The van der Waals surface area contributed by atoms with Crippen molar-refractivity contribution in [3.63, 3.8) is 0 Å². The molecule has 2 rings (SSSR count). The van der Waals surface area contributed by atoms with Gasteiger partial charge in [0.05, 0.1) is 12.8 Å². The molecule has 6 nitrogen and oxygen atoms in total. The molecular weight excluding hydrogens is 439 g/mol. The van der Waals surface area contributed by atoms with Gasteiger partial charge < -0.3 is 10.2 Å². The average Bonchev–Trinajstić information content (AvgIpc) is 2.85. The molecule has 0 aliphatic carbocycles. The second-order valence-corrected chi connectivity index (χ2v) is 8.21. The second kappa shape index (κ2) is 8.48. The van der Waals surface area contributed by atoms with Gasteiger partial charge >= 0.3 is 0 Å². The number of nitrogens with zero attached hydrogens (tertiary/aromatic N) is 2. The summed E-state index contributed by atoms with van der Waals surface area (Å²) in [4.78, 5) is 6.82. The summed E-state index contributed by atoms with van der Waals surface area (Å²) >= 11 is 0. The lowest BCUT2D eigenvalue weighted by Crippen LogP contribution is -2.47. The van der Waals surface area contributed by atoms with Crippen molar-refractivity contribution in [2.24, 2.45) is 4.99 Å². The Labute approximate surface area is 162 Å². The van der Waals surface area contributed by atoms with E-state index in [1.807, 2.05) is 32.9 Å². The fraction of sp³-hybridized carbons (Fsp3) is 0.562. The normalized spacial score (nSPS) is 15.0. The Hall–Kier alpha value is -0.870. The van der Waals surface area contributed by atoms with E-state index in [1.165, 1.54) is 17.5 Å². The van der Waals surface area contributed by atoms with Crippen LogP contribution in [0.3, 0.4) is 0 Å². The van der Waals surface area contributed by atoms with Crippen molar-refractivity contribution in [1.29, 1.82) is 0 Å². The molecule has 0 aromatic heterocycles. The number of fused-ring (bicyclic) bond motifs is 1. The van der Waals surface area contributed by atoms with Gasteiger partial charge in [-0.1, -0.05) is 18.2 Å². The van der Waals surface area contributed by atoms with E-state index in [0.717, 1.165) is 25.5 Å². The molecule has 0 bridgehead atoms. The number of aliphatic imine (C=N–C) groups is 1. The monoisotopic (exact) mass is 466 g/mol. The van der Waals surface area contributed by atoms with Gasteiger partial charge in [-0.2, -0.15) is 0 Å². The first-order chi connectivity index (χ1) is 10.7. The lowest BCUT2D eigenvalue weighted by atomic mass is 10.1. The smallest absolute Gasteiger partial charge is 0.209 e. The Morgan fingerprint density at radius 3 is 2.62 bits per heavy atom. The first-order valence-corrected chi connectivity index (χ1v) is 9.74. The number of halogens is 1. The van der Waals surface area contributed by atoms with Crippen LogP contribution in [0.1, 0.15) is 26.3 Å². The topological polar surface area (TPSA) is 73.8 Å². The van der Waals surface area contributed by atoms with Gasteiger partial charge in [0.1, 0.15) is 0 Å². The van der Waals surface area contributed by atoms with E-state index in [4.69, 9.17) is 0 Å². The zero-order valence-electron chi connectivity index (χ0n) is 14.7. The number of anilines is 1. The van der Waals surface area contributed by atoms with Gasteiger partial charge in [-0.25, -0.2) is 13.1 Å². The highest BCUT2D eigenvalue weighted by molar-refractivity contribution is 14.0. The fourth-order valence-corrected chi connectivity index (χ4v) is 3.83. The van der Waals surface area contributed by atoms with Crippen LogP contribution < -0.4 is 14.9 Å². The van der Waals surface area contributed by atoms with Crippen molar-refractivity contribution in [3.05, 3.63) is 29.8 Å². The molecule has 0 spiro atoms. The molecule has 0 saturated carbocycles. The summed E-state index contributed by atoms with van der Waals surface area (Å²) < 4.78 is 25.5. The summed E-state index contributed by atoms with van der Waals surface area (Å²) in [5.74, 6) is 0.792. The van der Waals surface area contributed by atoms with Crippen molar-refractivity contribution >= 4 is 45.6 Å². The van der Waals surface area contributed by atoms with E-state index in [9.17, 15) is 8.42 Å². The van der Waals surface area contributed by atoms with E-state index in [1.54, 1.807) is 0 Å². The van der Waals surface area contributed by atoms with Crippen LogP contribution in [0.5, 0.6) is 0 Å². The lowest BCUT2D eigenvalue weighted by Gasteiger charge is -2.26. The minimum absolute atomic E-state index is 0. The highest BCUT2D eigenvalue weighted by atomic mass is 127. The third-order valence-corrected chi connectivity index (χ3v) is 4.49. The zero-order chi connectivity index (χ0) is 17.1. The van der Waals surface area contributed by atoms with Gasteiger partial charge in [0.25, 0.3) is 0 Å². The standard InChI is InChI=1S/C16H26N4O2S.HI/c1-5-17-15(18-12-16(2,3)19-23(4,21)22)20-11-10-13-8-6-7-9-14(13)20;/h6-9,19H,5,10-12H2,1-4H3,(H,17,18);1H. The molecule has 1 aliphatic rings. The maximum atomic E-state index is 11.5. The lowest BCUT2D eigenvalue weighted by molar-refractivity contribution is 0.465. The molecule has 1 heterocycles. The molecular formula is C16H27IN4O2S. The summed E-state index contributed by atoms with van der Waals surface area (Å²) in [5.41, 5.74) is 1.85. The molecule has 1 aromatic rings. The largest absolute Gasteiger partial charge is 0.356 e. The summed E-state index contributed by atoms with van der Waals surface area (Å²) in [5, 5.41) is 3.30. The molecule has 0 radical (unpaired) electrons. The van der Waals surface area contributed by atoms with Crippen LogP contribution in [-0.4, -0.2) is 45.8 Å². The highest BCUT2D eigenvalue weighted by Gasteiger charge is 2.25. The molecule has 1 aromatic carbocycles.